The zero-order valence-electron chi connectivity index (χ0n) is 16.4. The highest BCUT2D eigenvalue weighted by Gasteiger charge is 2.13. The van der Waals surface area contributed by atoms with Crippen LogP contribution in [0.5, 0.6) is 17.2 Å². The normalized spacial score (nSPS) is 12.8. The molecule has 0 radical (unpaired) electrons. The minimum Gasteiger partial charge on any atom is -0.486 e. The van der Waals surface area contributed by atoms with Gasteiger partial charge in [-0.25, -0.2) is 5.43 Å². The van der Waals surface area contributed by atoms with Gasteiger partial charge in [-0.2, -0.15) is 5.10 Å². The third-order valence-electron chi connectivity index (χ3n) is 4.00. The van der Waals surface area contributed by atoms with Crippen molar-refractivity contribution >= 4 is 23.2 Å². The van der Waals surface area contributed by atoms with Crippen LogP contribution in [0.3, 0.4) is 0 Å². The molecule has 0 saturated heterocycles. The SMILES string of the molecule is C/C(CC(=O)Nc1ccc2c(c1)OCCO2)=N/NC(=O)COc1ccc(C)cc1. The predicted molar refractivity (Wildman–Crippen MR) is 109 cm³/mol. The Morgan fingerprint density at radius 2 is 1.76 bits per heavy atom. The second-order valence-electron chi connectivity index (χ2n) is 6.57. The lowest BCUT2D eigenvalue weighted by Crippen LogP contribution is -2.26. The summed E-state index contributed by atoms with van der Waals surface area (Å²) >= 11 is 0. The number of amides is 2. The molecule has 1 aliphatic rings. The lowest BCUT2D eigenvalue weighted by Gasteiger charge is -2.19. The molecule has 0 unspecified atom stereocenters. The summed E-state index contributed by atoms with van der Waals surface area (Å²) in [7, 11) is 0. The molecule has 0 spiro atoms. The van der Waals surface area contributed by atoms with E-state index in [0.29, 0.717) is 41.9 Å². The fourth-order valence-electron chi connectivity index (χ4n) is 2.57. The molecule has 2 amide bonds. The first-order valence-electron chi connectivity index (χ1n) is 9.20. The summed E-state index contributed by atoms with van der Waals surface area (Å²) in [5.41, 5.74) is 4.55. The Morgan fingerprint density at radius 1 is 1.03 bits per heavy atom. The van der Waals surface area contributed by atoms with Crippen LogP contribution in [0.2, 0.25) is 0 Å². The number of anilines is 1. The molecule has 2 N–H and O–H groups in total. The number of hydrogen-bond donors (Lipinski definition) is 2. The topological polar surface area (TPSA) is 98.3 Å². The molecule has 0 aliphatic carbocycles. The maximum absolute atomic E-state index is 12.2. The minimum atomic E-state index is -0.405. The van der Waals surface area contributed by atoms with Gasteiger partial charge in [-0.3, -0.25) is 9.59 Å². The van der Waals surface area contributed by atoms with E-state index in [2.05, 4.69) is 15.8 Å². The Hall–Kier alpha value is -3.55. The molecular formula is C21H23N3O5. The number of carbonyl (C=O) groups excluding carboxylic acids is 2. The number of hydrogen-bond acceptors (Lipinski definition) is 6. The third-order valence-corrected chi connectivity index (χ3v) is 4.00. The van der Waals surface area contributed by atoms with E-state index in [4.69, 9.17) is 14.2 Å². The quantitative estimate of drug-likeness (QED) is 0.553. The number of ether oxygens (including phenoxy) is 3. The summed E-state index contributed by atoms with van der Waals surface area (Å²) in [5.74, 6) is 1.19. The molecule has 0 aromatic heterocycles. The van der Waals surface area contributed by atoms with E-state index in [-0.39, 0.29) is 18.9 Å². The van der Waals surface area contributed by atoms with Crippen LogP contribution in [-0.2, 0) is 9.59 Å². The molecule has 29 heavy (non-hydrogen) atoms. The smallest absolute Gasteiger partial charge is 0.277 e. The molecule has 3 rings (SSSR count). The van der Waals surface area contributed by atoms with Crippen molar-refractivity contribution in [1.29, 1.82) is 0 Å². The fraction of sp³-hybridized carbons (Fsp3) is 0.286. The average Bonchev–Trinajstić information content (AvgIpc) is 2.71. The molecule has 2 aromatic carbocycles. The summed E-state index contributed by atoms with van der Waals surface area (Å²) in [5, 5.41) is 6.70. The first-order valence-corrected chi connectivity index (χ1v) is 9.20. The van der Waals surface area contributed by atoms with E-state index < -0.39 is 5.91 Å². The highest BCUT2D eigenvalue weighted by atomic mass is 16.6. The van der Waals surface area contributed by atoms with E-state index in [1.165, 1.54) is 0 Å². The maximum Gasteiger partial charge on any atom is 0.277 e. The van der Waals surface area contributed by atoms with Crippen LogP contribution in [-0.4, -0.2) is 37.3 Å². The van der Waals surface area contributed by atoms with E-state index in [9.17, 15) is 9.59 Å². The monoisotopic (exact) mass is 397 g/mol. The van der Waals surface area contributed by atoms with Crippen LogP contribution in [0.25, 0.3) is 0 Å². The van der Waals surface area contributed by atoms with E-state index in [1.54, 1.807) is 37.3 Å². The summed E-state index contributed by atoms with van der Waals surface area (Å²) < 4.78 is 16.3. The second-order valence-corrected chi connectivity index (χ2v) is 6.57. The van der Waals surface area contributed by atoms with Crippen molar-refractivity contribution in [1.82, 2.24) is 5.43 Å². The summed E-state index contributed by atoms with van der Waals surface area (Å²) in [6.45, 7) is 4.45. The van der Waals surface area contributed by atoms with Gasteiger partial charge >= 0.3 is 0 Å². The first kappa shape index (κ1) is 20.2. The Bertz CT molecular complexity index is 909. The Kier molecular flexibility index (Phi) is 6.67. The van der Waals surface area contributed by atoms with E-state index in [1.807, 2.05) is 19.1 Å². The Labute approximate surface area is 168 Å². The molecule has 0 saturated carbocycles. The fourth-order valence-corrected chi connectivity index (χ4v) is 2.57. The third kappa shape index (κ3) is 6.24. The first-order chi connectivity index (χ1) is 14.0. The van der Waals surface area contributed by atoms with Gasteiger partial charge < -0.3 is 19.5 Å². The zero-order chi connectivity index (χ0) is 20.6. The molecule has 8 heteroatoms. The molecule has 2 aromatic rings. The lowest BCUT2D eigenvalue weighted by molar-refractivity contribution is -0.123. The molecular weight excluding hydrogens is 374 g/mol. The van der Waals surface area contributed by atoms with Crippen molar-refractivity contribution in [2.75, 3.05) is 25.1 Å². The van der Waals surface area contributed by atoms with Gasteiger partial charge in [-0.05, 0) is 38.1 Å². The van der Waals surface area contributed by atoms with Crippen LogP contribution in [0.1, 0.15) is 18.9 Å². The number of fused-ring (bicyclic) bond motifs is 1. The highest BCUT2D eigenvalue weighted by Crippen LogP contribution is 2.32. The van der Waals surface area contributed by atoms with Crippen LogP contribution in [0, 0.1) is 6.92 Å². The van der Waals surface area contributed by atoms with Crippen LogP contribution >= 0.6 is 0 Å². The van der Waals surface area contributed by atoms with E-state index >= 15 is 0 Å². The van der Waals surface area contributed by atoms with Crippen molar-refractivity contribution in [2.24, 2.45) is 5.10 Å². The largest absolute Gasteiger partial charge is 0.486 e. The van der Waals surface area contributed by atoms with Crippen molar-refractivity contribution in [3.8, 4) is 17.2 Å². The van der Waals surface area contributed by atoms with Gasteiger partial charge in [-0.15, -0.1) is 0 Å². The number of nitrogens with zero attached hydrogens (tertiary/aromatic N) is 1. The van der Waals surface area contributed by atoms with Gasteiger partial charge in [0.25, 0.3) is 5.91 Å². The van der Waals surface area contributed by atoms with Crippen LogP contribution in [0.4, 0.5) is 5.69 Å². The number of carbonyl (C=O) groups is 2. The minimum absolute atomic E-state index is 0.0353. The van der Waals surface area contributed by atoms with Gasteiger partial charge in [0.15, 0.2) is 18.1 Å². The van der Waals surface area contributed by atoms with E-state index in [0.717, 1.165) is 5.56 Å². The lowest BCUT2D eigenvalue weighted by atomic mass is 10.2. The van der Waals surface area contributed by atoms with Crippen molar-refractivity contribution in [2.45, 2.75) is 20.3 Å². The number of rotatable bonds is 7. The van der Waals surface area contributed by atoms with Gasteiger partial charge in [0.05, 0.1) is 6.42 Å². The summed E-state index contributed by atoms with van der Waals surface area (Å²) in [6.07, 6.45) is 0.0353. The zero-order valence-corrected chi connectivity index (χ0v) is 16.4. The van der Waals surface area contributed by atoms with Crippen molar-refractivity contribution in [3.63, 3.8) is 0 Å². The molecule has 0 bridgehead atoms. The maximum atomic E-state index is 12.2. The van der Waals surface area contributed by atoms with Gasteiger partial charge in [0.2, 0.25) is 5.91 Å². The Balaban J connectivity index is 1.43. The molecule has 1 aliphatic heterocycles. The number of hydrazone groups is 1. The number of nitrogens with one attached hydrogen (secondary N) is 2. The second kappa shape index (κ2) is 9.59. The average molecular weight is 397 g/mol. The van der Waals surface area contributed by atoms with Gasteiger partial charge in [0, 0.05) is 17.5 Å². The number of benzene rings is 2. The Morgan fingerprint density at radius 3 is 2.52 bits per heavy atom. The molecule has 0 fully saturated rings. The molecule has 1 heterocycles. The predicted octanol–water partition coefficient (Wildman–Crippen LogP) is 2.67. The number of aryl methyl sites for hydroxylation is 1. The standard InChI is InChI=1S/C21H23N3O5/c1-14-3-6-17(7-4-14)29-13-21(26)24-23-15(2)11-20(25)22-16-5-8-18-19(12-16)28-10-9-27-18/h3-8,12H,9-11,13H2,1-2H3,(H,22,25)(H,24,26)/b23-15-. The van der Waals surface area contributed by atoms with Crippen LogP contribution in [0.15, 0.2) is 47.6 Å². The van der Waals surface area contributed by atoms with Crippen LogP contribution < -0.4 is 25.0 Å². The van der Waals surface area contributed by atoms with Crippen molar-refractivity contribution in [3.05, 3.63) is 48.0 Å². The highest BCUT2D eigenvalue weighted by molar-refractivity contribution is 6.05. The van der Waals surface area contributed by atoms with Crippen molar-refractivity contribution < 1.29 is 23.8 Å². The van der Waals surface area contributed by atoms with Gasteiger partial charge in [-0.1, -0.05) is 17.7 Å². The summed E-state index contributed by atoms with van der Waals surface area (Å²) in [4.78, 5) is 24.0. The molecule has 8 nitrogen and oxygen atoms in total. The summed E-state index contributed by atoms with van der Waals surface area (Å²) in [6, 6.07) is 12.6. The molecule has 152 valence electrons. The van der Waals surface area contributed by atoms with Gasteiger partial charge in [0.1, 0.15) is 19.0 Å². The molecule has 0 atom stereocenters.